The number of halogens is 2. The van der Waals surface area contributed by atoms with Crippen LogP contribution in [0.15, 0.2) is 35.5 Å². The molecule has 0 bridgehead atoms. The van der Waals surface area contributed by atoms with Crippen molar-refractivity contribution < 1.29 is 14.7 Å². The Labute approximate surface area is 241 Å². The molecule has 0 unspecified atom stereocenters. The highest BCUT2D eigenvalue weighted by atomic mass is 35.5. The number of aliphatic carboxylic acids is 1. The van der Waals surface area contributed by atoms with Crippen molar-refractivity contribution in [1.82, 2.24) is 25.8 Å². The monoisotopic (exact) mass is 581 g/mol. The summed E-state index contributed by atoms with van der Waals surface area (Å²) in [5, 5.41) is 20.8. The Morgan fingerprint density at radius 2 is 2.08 bits per heavy atom. The number of amidine groups is 1. The number of nitrogens with zero attached hydrogens (tertiary/aromatic N) is 4. The van der Waals surface area contributed by atoms with E-state index in [1.165, 1.54) is 0 Å². The number of aliphatic imine (C=N–C) groups is 1. The summed E-state index contributed by atoms with van der Waals surface area (Å²) < 4.78 is 0. The maximum atomic E-state index is 13.2. The first kappa shape index (κ1) is 27.9. The summed E-state index contributed by atoms with van der Waals surface area (Å²) in [5.41, 5.74) is 6.54. The molecule has 40 heavy (non-hydrogen) atoms. The Hall–Kier alpha value is -3.65. The Kier molecular flexibility index (Phi) is 8.54. The van der Waals surface area contributed by atoms with Gasteiger partial charge in [0.2, 0.25) is 0 Å². The van der Waals surface area contributed by atoms with Crippen LogP contribution in [0.2, 0.25) is 10.0 Å². The quantitative estimate of drug-likeness (QED) is 0.133. The number of carbonyl (C=O) groups excluding carboxylic acids is 1. The second kappa shape index (κ2) is 12.3. The zero-order valence-corrected chi connectivity index (χ0v) is 23.2. The number of H-pyrrole nitrogens is 1. The highest BCUT2D eigenvalue weighted by Gasteiger charge is 2.29. The lowest BCUT2D eigenvalue weighted by molar-refractivity contribution is -0.138. The molecule has 10 nitrogen and oxygen atoms in total. The molecule has 1 aliphatic heterocycles. The van der Waals surface area contributed by atoms with E-state index in [0.29, 0.717) is 18.8 Å². The van der Waals surface area contributed by atoms with Gasteiger partial charge in [0.05, 0.1) is 33.9 Å². The van der Waals surface area contributed by atoms with Gasteiger partial charge in [0.25, 0.3) is 5.91 Å². The van der Waals surface area contributed by atoms with Crippen LogP contribution in [-0.2, 0) is 24.3 Å². The van der Waals surface area contributed by atoms with Gasteiger partial charge in [-0.25, -0.2) is 4.79 Å². The zero-order valence-electron chi connectivity index (χ0n) is 21.7. The molecule has 4 N–H and O–H groups in total. The van der Waals surface area contributed by atoms with E-state index in [9.17, 15) is 14.7 Å². The number of hydrogen-bond donors (Lipinski definition) is 4. The first-order valence-corrected chi connectivity index (χ1v) is 13.9. The topological polar surface area (TPSA) is 127 Å². The third-order valence-electron chi connectivity index (χ3n) is 7.58. The minimum Gasteiger partial charge on any atom is -0.480 e. The number of amides is 1. The summed E-state index contributed by atoms with van der Waals surface area (Å²) in [7, 11) is 0. The van der Waals surface area contributed by atoms with Gasteiger partial charge in [-0.1, -0.05) is 53.6 Å². The number of rotatable bonds is 8. The van der Waals surface area contributed by atoms with Gasteiger partial charge in [0.15, 0.2) is 5.84 Å². The number of aromatic amines is 1. The fraction of sp³-hybridized carbons (Fsp3) is 0.393. The van der Waals surface area contributed by atoms with Crippen molar-refractivity contribution in [2.45, 2.75) is 51.2 Å². The maximum absolute atomic E-state index is 13.2. The van der Waals surface area contributed by atoms with Gasteiger partial charge < -0.3 is 10.4 Å². The molecule has 2 aliphatic rings. The Balaban J connectivity index is 1.29. The number of carboxylic acids is 1. The minimum absolute atomic E-state index is 0.0609. The van der Waals surface area contributed by atoms with Crippen molar-refractivity contribution >= 4 is 51.8 Å². The molecule has 1 amide bonds. The van der Waals surface area contributed by atoms with Crippen molar-refractivity contribution in [3.63, 3.8) is 0 Å². The van der Waals surface area contributed by atoms with Crippen LogP contribution in [0.5, 0.6) is 0 Å². The predicted octanol–water partition coefficient (Wildman–Crippen LogP) is 4.62. The third kappa shape index (κ3) is 6.07. The fourth-order valence-electron chi connectivity index (χ4n) is 5.51. The van der Waals surface area contributed by atoms with Crippen LogP contribution in [-0.4, -0.2) is 57.0 Å². The standard InChI is InChI=1S/C28H29Cl2N7O3/c1-31-36-26(17-4-2-3-5-17)32-13-23(28(39)40)34-27(38)24-21(29)11-19-15-37(9-8-20(19)25(24)30)14-16-6-7-18-12-33-35-22(18)10-16/h6-7,10-12,17,23H,2-5,8-9,13-15H2,(H,32,36)(H,33,35)(H,34,38)(H,39,40)/t23-/m0/s1. The molecule has 1 saturated carbocycles. The average Bonchev–Trinajstić information content (AvgIpc) is 3.62. The summed E-state index contributed by atoms with van der Waals surface area (Å²) in [6.45, 7) is 8.99. The van der Waals surface area contributed by atoms with Crippen LogP contribution in [0.1, 0.15) is 52.7 Å². The lowest BCUT2D eigenvalue weighted by atomic mass is 9.96. The number of benzene rings is 2. The Morgan fingerprint density at radius 3 is 2.83 bits per heavy atom. The third-order valence-corrected chi connectivity index (χ3v) is 8.30. The number of carboxylic acid groups (broad SMARTS) is 1. The molecule has 12 heteroatoms. The van der Waals surface area contributed by atoms with Crippen molar-refractivity contribution in [3.8, 4) is 0 Å². The van der Waals surface area contributed by atoms with Crippen molar-refractivity contribution in [2.75, 3.05) is 13.1 Å². The first-order chi connectivity index (χ1) is 19.3. The average molecular weight is 582 g/mol. The molecule has 1 aromatic heterocycles. The SMILES string of the molecule is [C-]#[N+]NC(=NC[C@H](NC(=O)c1c(Cl)cc2c(c1Cl)CCN(Cc1ccc3cn[nH]c3c1)C2)C(=O)O)C1CCCC1. The van der Waals surface area contributed by atoms with Gasteiger partial charge in [-0.2, -0.15) is 16.6 Å². The summed E-state index contributed by atoms with van der Waals surface area (Å²) in [5.74, 6) is -1.35. The van der Waals surface area contributed by atoms with E-state index < -0.39 is 17.9 Å². The molecule has 0 saturated heterocycles. The van der Waals surface area contributed by atoms with Gasteiger partial charge >= 0.3 is 5.97 Å². The molecule has 0 spiro atoms. The van der Waals surface area contributed by atoms with E-state index in [0.717, 1.165) is 66.4 Å². The number of nitrogens with one attached hydrogen (secondary N) is 3. The highest BCUT2D eigenvalue weighted by Crippen LogP contribution is 2.35. The molecular formula is C28H29Cl2N7O3. The number of carbonyl (C=O) groups is 2. The number of fused-ring (bicyclic) bond motifs is 2. The van der Waals surface area contributed by atoms with Crippen LogP contribution in [0.25, 0.3) is 15.9 Å². The maximum Gasteiger partial charge on any atom is 0.328 e. The van der Waals surface area contributed by atoms with Gasteiger partial charge in [0, 0.05) is 30.9 Å². The number of aromatic nitrogens is 2. The molecule has 1 aliphatic carbocycles. The molecule has 208 valence electrons. The first-order valence-electron chi connectivity index (χ1n) is 13.2. The molecule has 2 aromatic carbocycles. The van der Waals surface area contributed by atoms with E-state index in [2.05, 4.69) is 47.9 Å². The molecule has 1 fully saturated rings. The minimum atomic E-state index is -1.30. The van der Waals surface area contributed by atoms with E-state index >= 15 is 0 Å². The molecule has 2 heterocycles. The van der Waals surface area contributed by atoms with Gasteiger partial charge in [-0.05, 0) is 48.1 Å². The van der Waals surface area contributed by atoms with Gasteiger partial charge in [-0.15, -0.1) is 0 Å². The van der Waals surface area contributed by atoms with Crippen LogP contribution in [0.3, 0.4) is 0 Å². The van der Waals surface area contributed by atoms with Crippen molar-refractivity contribution in [1.29, 1.82) is 0 Å². The van der Waals surface area contributed by atoms with Crippen molar-refractivity contribution in [2.24, 2.45) is 10.9 Å². The van der Waals surface area contributed by atoms with E-state index in [-0.39, 0.29) is 28.1 Å². The molecule has 0 radical (unpaired) electrons. The highest BCUT2D eigenvalue weighted by molar-refractivity contribution is 6.40. The summed E-state index contributed by atoms with van der Waals surface area (Å²) in [4.78, 5) is 35.0. The van der Waals surface area contributed by atoms with Crippen molar-refractivity contribution in [3.05, 3.63) is 74.3 Å². The normalized spacial score (nSPS) is 16.9. The molecular weight excluding hydrogens is 553 g/mol. The van der Waals surface area contributed by atoms with Gasteiger partial charge in [-0.3, -0.25) is 19.8 Å². The molecule has 5 rings (SSSR count). The van der Waals surface area contributed by atoms with Crippen LogP contribution < -0.4 is 10.7 Å². The molecule has 3 aromatic rings. The fourth-order valence-corrected chi connectivity index (χ4v) is 6.28. The second-order valence-corrected chi connectivity index (χ2v) is 11.0. The summed E-state index contributed by atoms with van der Waals surface area (Å²) in [6, 6.07) is 6.65. The smallest absolute Gasteiger partial charge is 0.328 e. The predicted molar refractivity (Wildman–Crippen MR) is 153 cm³/mol. The van der Waals surface area contributed by atoms with Gasteiger partial charge in [0.1, 0.15) is 6.04 Å². The largest absolute Gasteiger partial charge is 0.480 e. The zero-order chi connectivity index (χ0) is 28.2. The molecule has 1 atom stereocenters. The van der Waals surface area contributed by atoms with E-state index in [1.54, 1.807) is 12.3 Å². The van der Waals surface area contributed by atoms with Crippen LogP contribution in [0.4, 0.5) is 0 Å². The Bertz CT molecular complexity index is 1510. The van der Waals surface area contributed by atoms with Crippen LogP contribution >= 0.6 is 23.2 Å². The summed E-state index contributed by atoms with van der Waals surface area (Å²) in [6.07, 6.45) is 6.27. The van der Waals surface area contributed by atoms with E-state index in [1.807, 2.05) is 6.07 Å². The second-order valence-electron chi connectivity index (χ2n) is 10.2. The lowest BCUT2D eigenvalue weighted by Crippen LogP contribution is -2.44. The Morgan fingerprint density at radius 1 is 1.27 bits per heavy atom. The van der Waals surface area contributed by atoms with E-state index in [4.69, 9.17) is 29.8 Å². The number of hydrogen-bond acceptors (Lipinski definition) is 5. The lowest BCUT2D eigenvalue weighted by Gasteiger charge is -2.30. The van der Waals surface area contributed by atoms with Crippen LogP contribution in [0, 0.1) is 12.5 Å². The summed E-state index contributed by atoms with van der Waals surface area (Å²) >= 11 is 13.3.